The van der Waals surface area contributed by atoms with Crippen molar-refractivity contribution >= 4 is 29.2 Å². The predicted molar refractivity (Wildman–Crippen MR) is 101 cm³/mol. The molecule has 0 radical (unpaired) electrons. The van der Waals surface area contributed by atoms with Crippen molar-refractivity contribution in [3.63, 3.8) is 0 Å². The molecule has 2 heterocycles. The van der Waals surface area contributed by atoms with Crippen LogP contribution in [-0.2, 0) is 20.7 Å². The fourth-order valence-electron chi connectivity index (χ4n) is 3.06. The monoisotopic (exact) mass is 403 g/mol. The number of hydrogen-bond acceptors (Lipinski definition) is 6. The van der Waals surface area contributed by atoms with Crippen molar-refractivity contribution in [2.24, 2.45) is 5.92 Å². The number of nitrogens with one attached hydrogen (secondary N) is 1. The summed E-state index contributed by atoms with van der Waals surface area (Å²) < 4.78 is 21.5. The SMILES string of the molecule is C[C@@H](OC(=O)[C@H]1COc2ccc(Cl)cc2C1)C(=O)Nc1ccc2c(c1)OCO2. The van der Waals surface area contributed by atoms with Crippen LogP contribution in [0.4, 0.5) is 5.69 Å². The van der Waals surface area contributed by atoms with Crippen molar-refractivity contribution in [1.82, 2.24) is 0 Å². The summed E-state index contributed by atoms with van der Waals surface area (Å²) in [7, 11) is 0. The molecular formula is C20H18ClNO6. The molecule has 1 N–H and O–H groups in total. The Morgan fingerprint density at radius 3 is 2.75 bits per heavy atom. The van der Waals surface area contributed by atoms with Gasteiger partial charge in [-0.1, -0.05) is 11.6 Å². The fraction of sp³-hybridized carbons (Fsp3) is 0.300. The van der Waals surface area contributed by atoms with Gasteiger partial charge in [0.25, 0.3) is 5.91 Å². The molecule has 7 nitrogen and oxygen atoms in total. The van der Waals surface area contributed by atoms with Crippen LogP contribution in [0.25, 0.3) is 0 Å². The number of carbonyl (C=O) groups excluding carboxylic acids is 2. The Hall–Kier alpha value is -2.93. The zero-order valence-electron chi connectivity index (χ0n) is 15.1. The highest BCUT2D eigenvalue weighted by molar-refractivity contribution is 6.30. The minimum absolute atomic E-state index is 0.151. The number of carbonyl (C=O) groups is 2. The van der Waals surface area contributed by atoms with Gasteiger partial charge >= 0.3 is 5.97 Å². The molecule has 2 aliphatic rings. The zero-order valence-corrected chi connectivity index (χ0v) is 15.8. The average Bonchev–Trinajstić information content (AvgIpc) is 3.15. The Morgan fingerprint density at radius 1 is 1.11 bits per heavy atom. The van der Waals surface area contributed by atoms with Crippen molar-refractivity contribution in [2.75, 3.05) is 18.7 Å². The van der Waals surface area contributed by atoms with Gasteiger partial charge in [0.1, 0.15) is 12.4 Å². The summed E-state index contributed by atoms with van der Waals surface area (Å²) in [6.45, 7) is 1.87. The van der Waals surface area contributed by atoms with Gasteiger partial charge in [0.2, 0.25) is 6.79 Å². The van der Waals surface area contributed by atoms with Crippen LogP contribution in [0.3, 0.4) is 0 Å². The topological polar surface area (TPSA) is 83.1 Å². The van der Waals surface area contributed by atoms with E-state index < -0.39 is 23.9 Å². The molecule has 2 aliphatic heterocycles. The van der Waals surface area contributed by atoms with Crippen LogP contribution in [0.5, 0.6) is 17.2 Å². The van der Waals surface area contributed by atoms with E-state index >= 15 is 0 Å². The number of rotatable bonds is 4. The molecule has 0 saturated carbocycles. The third-order valence-electron chi connectivity index (χ3n) is 4.56. The van der Waals surface area contributed by atoms with Crippen molar-refractivity contribution in [1.29, 1.82) is 0 Å². The van der Waals surface area contributed by atoms with E-state index in [0.29, 0.717) is 34.4 Å². The molecule has 0 fully saturated rings. The Labute approximate surface area is 166 Å². The molecule has 8 heteroatoms. The Balaban J connectivity index is 1.34. The van der Waals surface area contributed by atoms with Gasteiger partial charge in [-0.2, -0.15) is 0 Å². The first-order valence-corrected chi connectivity index (χ1v) is 9.19. The molecule has 2 aromatic rings. The van der Waals surface area contributed by atoms with Gasteiger partial charge in [0.15, 0.2) is 17.6 Å². The lowest BCUT2D eigenvalue weighted by molar-refractivity contribution is -0.158. The third kappa shape index (κ3) is 3.84. The normalized spacial score (nSPS) is 17.9. The summed E-state index contributed by atoms with van der Waals surface area (Å²) in [5.41, 5.74) is 1.37. The van der Waals surface area contributed by atoms with Crippen molar-refractivity contribution in [3.05, 3.63) is 47.0 Å². The molecule has 0 bridgehead atoms. The number of fused-ring (bicyclic) bond motifs is 2. The Kier molecular flexibility index (Phi) is 5.00. The highest BCUT2D eigenvalue weighted by atomic mass is 35.5. The molecule has 0 spiro atoms. The van der Waals surface area contributed by atoms with Gasteiger partial charge in [0.05, 0.1) is 5.92 Å². The van der Waals surface area contributed by atoms with E-state index in [1.807, 2.05) is 0 Å². The standard InChI is InChI=1S/C20H18ClNO6/c1-11(19(23)22-15-3-5-17-18(8-15)27-10-26-17)28-20(24)13-6-12-7-14(21)2-4-16(12)25-9-13/h2-5,7-8,11,13H,6,9-10H2,1H3,(H,22,23)/t11-,13-/m1/s1. The van der Waals surface area contributed by atoms with Crippen LogP contribution in [0.2, 0.25) is 5.02 Å². The molecule has 2 atom stereocenters. The van der Waals surface area contributed by atoms with Gasteiger partial charge in [-0.15, -0.1) is 0 Å². The fourth-order valence-corrected chi connectivity index (χ4v) is 3.25. The van der Waals surface area contributed by atoms with Gasteiger partial charge < -0.3 is 24.3 Å². The molecular weight excluding hydrogens is 386 g/mol. The highest BCUT2D eigenvalue weighted by Crippen LogP contribution is 2.34. The summed E-state index contributed by atoms with van der Waals surface area (Å²) >= 11 is 6.00. The molecule has 0 unspecified atom stereocenters. The number of hydrogen-bond donors (Lipinski definition) is 1. The summed E-state index contributed by atoms with van der Waals surface area (Å²) in [6, 6.07) is 10.3. The summed E-state index contributed by atoms with van der Waals surface area (Å²) in [6.07, 6.45) is -0.510. The number of benzene rings is 2. The average molecular weight is 404 g/mol. The minimum atomic E-state index is -0.960. The third-order valence-corrected chi connectivity index (χ3v) is 4.80. The first-order chi connectivity index (χ1) is 13.5. The van der Waals surface area contributed by atoms with Crippen LogP contribution < -0.4 is 19.5 Å². The lowest BCUT2D eigenvalue weighted by Gasteiger charge is -2.25. The van der Waals surface area contributed by atoms with E-state index in [9.17, 15) is 9.59 Å². The van der Waals surface area contributed by atoms with Crippen LogP contribution in [0, 0.1) is 5.92 Å². The van der Waals surface area contributed by atoms with E-state index in [1.165, 1.54) is 6.92 Å². The maximum absolute atomic E-state index is 12.5. The molecule has 0 aliphatic carbocycles. The maximum atomic E-state index is 12.5. The zero-order chi connectivity index (χ0) is 19.7. The molecule has 2 aromatic carbocycles. The van der Waals surface area contributed by atoms with Crippen LogP contribution >= 0.6 is 11.6 Å². The minimum Gasteiger partial charge on any atom is -0.492 e. The second-order valence-corrected chi connectivity index (χ2v) is 7.04. The first-order valence-electron chi connectivity index (χ1n) is 8.82. The van der Waals surface area contributed by atoms with Crippen molar-refractivity contribution in [3.8, 4) is 17.2 Å². The van der Waals surface area contributed by atoms with Crippen molar-refractivity contribution < 1.29 is 28.5 Å². The maximum Gasteiger partial charge on any atom is 0.313 e. The van der Waals surface area contributed by atoms with E-state index in [2.05, 4.69) is 5.32 Å². The lowest BCUT2D eigenvalue weighted by atomic mass is 9.97. The second kappa shape index (κ2) is 7.59. The van der Waals surface area contributed by atoms with Crippen LogP contribution in [-0.4, -0.2) is 31.4 Å². The van der Waals surface area contributed by atoms with Crippen molar-refractivity contribution in [2.45, 2.75) is 19.4 Å². The Morgan fingerprint density at radius 2 is 1.89 bits per heavy atom. The lowest BCUT2D eigenvalue weighted by Crippen LogP contribution is -2.36. The summed E-state index contributed by atoms with van der Waals surface area (Å²) in [5, 5.41) is 3.28. The quantitative estimate of drug-likeness (QED) is 0.789. The van der Waals surface area contributed by atoms with Crippen LogP contribution in [0.1, 0.15) is 12.5 Å². The number of anilines is 1. The second-order valence-electron chi connectivity index (χ2n) is 6.60. The number of esters is 1. The first kappa shape index (κ1) is 18.4. The van der Waals surface area contributed by atoms with E-state index in [-0.39, 0.29) is 13.4 Å². The van der Waals surface area contributed by atoms with Gasteiger partial charge in [-0.3, -0.25) is 9.59 Å². The van der Waals surface area contributed by atoms with Gasteiger partial charge in [-0.25, -0.2) is 0 Å². The molecule has 146 valence electrons. The number of halogens is 1. The molecule has 0 saturated heterocycles. The van der Waals surface area contributed by atoms with Gasteiger partial charge in [0, 0.05) is 16.8 Å². The molecule has 1 amide bonds. The number of amides is 1. The molecule has 0 aromatic heterocycles. The highest BCUT2D eigenvalue weighted by Gasteiger charge is 2.30. The predicted octanol–water partition coefficient (Wildman–Crippen LogP) is 3.19. The largest absolute Gasteiger partial charge is 0.492 e. The molecule has 28 heavy (non-hydrogen) atoms. The summed E-state index contributed by atoms with van der Waals surface area (Å²) in [4.78, 5) is 24.8. The summed E-state index contributed by atoms with van der Waals surface area (Å²) in [5.74, 6) is 0.467. The van der Waals surface area contributed by atoms with E-state index in [4.69, 9.17) is 30.5 Å². The van der Waals surface area contributed by atoms with Crippen LogP contribution in [0.15, 0.2) is 36.4 Å². The smallest absolute Gasteiger partial charge is 0.313 e. The number of ether oxygens (including phenoxy) is 4. The Bertz CT molecular complexity index is 931. The van der Waals surface area contributed by atoms with E-state index in [1.54, 1.807) is 36.4 Å². The van der Waals surface area contributed by atoms with E-state index in [0.717, 1.165) is 5.56 Å². The van der Waals surface area contributed by atoms with Gasteiger partial charge in [-0.05, 0) is 49.2 Å². The molecule has 4 rings (SSSR count).